The number of aliphatic carboxylic acids is 2. The number of carbonyl (C=O) groups is 4. The van der Waals surface area contributed by atoms with Gasteiger partial charge in [0.1, 0.15) is 13.2 Å². The highest BCUT2D eigenvalue weighted by Crippen LogP contribution is 2.22. The zero-order valence-corrected chi connectivity index (χ0v) is 33.4. The van der Waals surface area contributed by atoms with Gasteiger partial charge in [0.2, 0.25) is 0 Å². The highest BCUT2D eigenvalue weighted by atomic mass is 16.6. The minimum absolute atomic E-state index is 0.0999. The number of unbranched alkanes of at least 4 members (excludes halogenated alkanes) is 18. The third kappa shape index (κ3) is 34.9. The van der Waals surface area contributed by atoms with E-state index in [1.54, 1.807) is 0 Å². The van der Waals surface area contributed by atoms with Crippen LogP contribution >= 0.6 is 0 Å². The summed E-state index contributed by atoms with van der Waals surface area (Å²) in [6.45, 7) is 6.16. The van der Waals surface area contributed by atoms with E-state index in [2.05, 4.69) is 13.8 Å². The minimum atomic E-state index is -0.744. The van der Waals surface area contributed by atoms with Crippen LogP contribution in [0.2, 0.25) is 0 Å². The maximum absolute atomic E-state index is 12.9. The number of hydrogen-bond acceptors (Lipinski definition) is 8. The largest absolute Gasteiger partial charge is 0.481 e. The van der Waals surface area contributed by atoms with Gasteiger partial charge in [0, 0.05) is 12.8 Å². The monoisotopic (exact) mass is 743 g/mol. The van der Waals surface area contributed by atoms with Gasteiger partial charge in [-0.05, 0) is 38.5 Å². The van der Waals surface area contributed by atoms with Crippen LogP contribution in [0.5, 0.6) is 0 Å². The van der Waals surface area contributed by atoms with Crippen LogP contribution in [-0.2, 0) is 38.1 Å². The standard InChI is InChI=1S/C42H78O10/c1-3-5-7-9-13-19-25-37(27-21-15-11-17-23-29-39(43)44)41(47)51-35-33-49-31-32-50-34-36-52-42(48)38(26-20-14-10-8-6-4-2)28-22-16-12-18-24-30-40(45)46/h37-38H,3-36H2,1-2H3,(H,43,44)(H,45,46). The molecule has 0 fully saturated rings. The van der Waals surface area contributed by atoms with Gasteiger partial charge in [-0.25, -0.2) is 0 Å². The number of esters is 2. The molecule has 0 aliphatic heterocycles. The lowest BCUT2D eigenvalue weighted by Crippen LogP contribution is -2.21. The van der Waals surface area contributed by atoms with Gasteiger partial charge in [-0.2, -0.15) is 0 Å². The highest BCUT2D eigenvalue weighted by molar-refractivity contribution is 5.72. The Bertz CT molecular complexity index is 781. The van der Waals surface area contributed by atoms with Crippen molar-refractivity contribution >= 4 is 23.9 Å². The molecule has 2 unspecified atom stereocenters. The summed E-state index contributed by atoms with van der Waals surface area (Å²) in [6, 6.07) is 0. The van der Waals surface area contributed by atoms with Crippen molar-refractivity contribution in [3.05, 3.63) is 0 Å². The number of carbonyl (C=O) groups excluding carboxylic acids is 2. The number of rotatable bonds is 41. The Morgan fingerprint density at radius 3 is 0.962 bits per heavy atom. The van der Waals surface area contributed by atoms with Crippen LogP contribution in [-0.4, -0.2) is 73.7 Å². The minimum Gasteiger partial charge on any atom is -0.481 e. The fourth-order valence-electron chi connectivity index (χ4n) is 6.46. The average molecular weight is 743 g/mol. The summed E-state index contributed by atoms with van der Waals surface area (Å²) in [5.41, 5.74) is 0. The Morgan fingerprint density at radius 1 is 0.385 bits per heavy atom. The molecule has 0 aromatic carbocycles. The molecule has 0 radical (unpaired) electrons. The highest BCUT2D eigenvalue weighted by Gasteiger charge is 2.20. The van der Waals surface area contributed by atoms with E-state index in [1.165, 1.54) is 51.4 Å². The zero-order chi connectivity index (χ0) is 38.3. The van der Waals surface area contributed by atoms with Gasteiger partial charge < -0.3 is 29.2 Å². The first-order valence-corrected chi connectivity index (χ1v) is 21.2. The quantitative estimate of drug-likeness (QED) is 0.0458. The lowest BCUT2D eigenvalue weighted by molar-refractivity contribution is -0.152. The maximum atomic E-state index is 12.9. The molecule has 306 valence electrons. The molecule has 0 aliphatic carbocycles. The molecule has 0 amide bonds. The predicted octanol–water partition coefficient (Wildman–Crippen LogP) is 10.5. The van der Waals surface area contributed by atoms with Gasteiger partial charge in [-0.1, -0.05) is 142 Å². The van der Waals surface area contributed by atoms with E-state index in [0.29, 0.717) is 39.3 Å². The molecule has 0 aromatic rings. The van der Waals surface area contributed by atoms with Crippen molar-refractivity contribution in [2.45, 2.75) is 194 Å². The molecule has 0 bridgehead atoms. The number of ether oxygens (including phenoxy) is 4. The molecule has 0 heterocycles. The molecule has 0 aromatic heterocycles. The lowest BCUT2D eigenvalue weighted by Gasteiger charge is -2.17. The van der Waals surface area contributed by atoms with Crippen molar-refractivity contribution < 1.29 is 48.3 Å². The van der Waals surface area contributed by atoms with Crippen molar-refractivity contribution in [3.8, 4) is 0 Å². The van der Waals surface area contributed by atoms with Crippen LogP contribution in [0, 0.1) is 11.8 Å². The molecule has 0 saturated heterocycles. The van der Waals surface area contributed by atoms with Gasteiger partial charge in [-0.3, -0.25) is 19.2 Å². The van der Waals surface area contributed by atoms with Crippen LogP contribution < -0.4 is 0 Å². The van der Waals surface area contributed by atoms with Crippen molar-refractivity contribution in [1.29, 1.82) is 0 Å². The summed E-state index contributed by atoms with van der Waals surface area (Å²) < 4.78 is 22.4. The summed E-state index contributed by atoms with van der Waals surface area (Å²) in [7, 11) is 0. The SMILES string of the molecule is CCCCCCCCC(CCCCCCCC(=O)O)C(=O)OCCOCCOCCOC(=O)C(CCCCCCCC)CCCCCCCC(=O)O. The molecule has 0 rings (SSSR count). The molecular formula is C42H78O10. The molecule has 0 spiro atoms. The molecule has 0 saturated carbocycles. The van der Waals surface area contributed by atoms with Crippen molar-refractivity contribution in [1.82, 2.24) is 0 Å². The Balaban J connectivity index is 4.28. The van der Waals surface area contributed by atoms with Crippen LogP contribution in [0.25, 0.3) is 0 Å². The van der Waals surface area contributed by atoms with E-state index in [9.17, 15) is 19.2 Å². The Hall–Kier alpha value is -2.20. The Labute approximate surface area is 316 Å². The predicted molar refractivity (Wildman–Crippen MR) is 206 cm³/mol. The van der Waals surface area contributed by atoms with E-state index < -0.39 is 11.9 Å². The molecule has 10 heteroatoms. The second-order valence-corrected chi connectivity index (χ2v) is 14.5. The smallest absolute Gasteiger partial charge is 0.309 e. The van der Waals surface area contributed by atoms with Gasteiger partial charge in [0.25, 0.3) is 0 Å². The Kier molecular flexibility index (Phi) is 36.9. The van der Waals surface area contributed by atoms with Gasteiger partial charge in [0.05, 0.1) is 38.3 Å². The number of carboxylic acid groups (broad SMARTS) is 2. The van der Waals surface area contributed by atoms with E-state index in [1.807, 2.05) is 0 Å². The molecule has 0 aliphatic rings. The van der Waals surface area contributed by atoms with Crippen molar-refractivity contribution in [2.24, 2.45) is 11.8 Å². The van der Waals surface area contributed by atoms with Crippen molar-refractivity contribution in [3.63, 3.8) is 0 Å². The van der Waals surface area contributed by atoms with Crippen LogP contribution in [0.15, 0.2) is 0 Å². The topological polar surface area (TPSA) is 146 Å². The summed E-state index contributed by atoms with van der Waals surface area (Å²) in [5, 5.41) is 17.6. The summed E-state index contributed by atoms with van der Waals surface area (Å²) >= 11 is 0. The van der Waals surface area contributed by atoms with E-state index in [-0.39, 0.29) is 49.8 Å². The molecule has 2 atom stereocenters. The summed E-state index contributed by atoms with van der Waals surface area (Å²) in [6.07, 6.45) is 27.0. The van der Waals surface area contributed by atoms with Gasteiger partial charge in [0.15, 0.2) is 0 Å². The van der Waals surface area contributed by atoms with Gasteiger partial charge in [-0.15, -0.1) is 0 Å². The fourth-order valence-corrected chi connectivity index (χ4v) is 6.46. The first-order chi connectivity index (χ1) is 25.3. The molecule has 2 N–H and O–H groups in total. The zero-order valence-electron chi connectivity index (χ0n) is 33.4. The third-order valence-electron chi connectivity index (χ3n) is 9.68. The van der Waals surface area contributed by atoms with Crippen LogP contribution in [0.3, 0.4) is 0 Å². The third-order valence-corrected chi connectivity index (χ3v) is 9.68. The van der Waals surface area contributed by atoms with E-state index >= 15 is 0 Å². The first-order valence-electron chi connectivity index (χ1n) is 21.2. The lowest BCUT2D eigenvalue weighted by atomic mass is 9.94. The molecule has 52 heavy (non-hydrogen) atoms. The maximum Gasteiger partial charge on any atom is 0.309 e. The summed E-state index contributed by atoms with van der Waals surface area (Å²) in [5.74, 6) is -1.98. The molecular weight excluding hydrogens is 664 g/mol. The Morgan fingerprint density at radius 2 is 0.654 bits per heavy atom. The van der Waals surface area contributed by atoms with Crippen LogP contribution in [0.1, 0.15) is 194 Å². The number of hydrogen-bond donors (Lipinski definition) is 2. The van der Waals surface area contributed by atoms with E-state index in [4.69, 9.17) is 29.2 Å². The second-order valence-electron chi connectivity index (χ2n) is 14.5. The average Bonchev–Trinajstić information content (AvgIpc) is 3.12. The van der Waals surface area contributed by atoms with Crippen molar-refractivity contribution in [2.75, 3.05) is 39.6 Å². The second kappa shape index (κ2) is 38.5. The fraction of sp³-hybridized carbons (Fsp3) is 0.905. The van der Waals surface area contributed by atoms with E-state index in [0.717, 1.165) is 103 Å². The van der Waals surface area contributed by atoms with Gasteiger partial charge >= 0.3 is 23.9 Å². The molecule has 10 nitrogen and oxygen atoms in total. The summed E-state index contributed by atoms with van der Waals surface area (Å²) in [4.78, 5) is 47.1. The number of carboxylic acids is 2. The normalized spacial score (nSPS) is 12.4. The van der Waals surface area contributed by atoms with Crippen LogP contribution in [0.4, 0.5) is 0 Å². The first kappa shape index (κ1) is 49.8.